The van der Waals surface area contributed by atoms with Crippen molar-refractivity contribution in [3.05, 3.63) is 35.4 Å². The van der Waals surface area contributed by atoms with Crippen LogP contribution in [0.2, 0.25) is 0 Å². The molecule has 0 aromatic heterocycles. The van der Waals surface area contributed by atoms with E-state index in [-0.39, 0.29) is 18.6 Å². The molecule has 0 amide bonds. The lowest BCUT2D eigenvalue weighted by atomic mass is 9.93. The van der Waals surface area contributed by atoms with Crippen LogP contribution in [0.15, 0.2) is 18.2 Å². The van der Waals surface area contributed by atoms with E-state index < -0.39 is 17.7 Å². The fourth-order valence-corrected chi connectivity index (χ4v) is 1.96. The third kappa shape index (κ3) is 4.53. The first-order chi connectivity index (χ1) is 8.97. The van der Waals surface area contributed by atoms with Crippen LogP contribution in [-0.4, -0.2) is 29.4 Å². The minimum Gasteiger partial charge on any atom is -0.396 e. The topological polar surface area (TPSA) is 52.5 Å². The molecule has 108 valence electrons. The molecular weight excluding hydrogens is 252 g/mol. The summed E-state index contributed by atoms with van der Waals surface area (Å²) in [5.74, 6) is -1.78. The fraction of sp³-hybridized carbons (Fsp3) is 0.571. The smallest absolute Gasteiger partial charge is 0.159 e. The van der Waals surface area contributed by atoms with E-state index >= 15 is 0 Å². The van der Waals surface area contributed by atoms with Crippen LogP contribution in [0.1, 0.15) is 31.9 Å². The Bertz CT molecular complexity index is 399. The summed E-state index contributed by atoms with van der Waals surface area (Å²) in [6.07, 6.45) is -0.345. The summed E-state index contributed by atoms with van der Waals surface area (Å²) in [6.45, 7) is 4.48. The molecule has 0 bridgehead atoms. The monoisotopic (exact) mass is 273 g/mol. The first-order valence-corrected chi connectivity index (χ1v) is 6.44. The van der Waals surface area contributed by atoms with Gasteiger partial charge in [0.15, 0.2) is 11.6 Å². The highest BCUT2D eigenvalue weighted by Gasteiger charge is 2.24. The number of aliphatic hydroxyl groups is 2. The van der Waals surface area contributed by atoms with Crippen LogP contribution in [0.4, 0.5) is 8.78 Å². The number of aliphatic hydroxyl groups excluding tert-OH is 2. The summed E-state index contributed by atoms with van der Waals surface area (Å²) in [5.41, 5.74) is 0.342. The van der Waals surface area contributed by atoms with Crippen LogP contribution < -0.4 is 5.32 Å². The number of benzene rings is 1. The molecule has 2 unspecified atom stereocenters. The van der Waals surface area contributed by atoms with Gasteiger partial charge in [-0.1, -0.05) is 19.9 Å². The second-order valence-electron chi connectivity index (χ2n) is 4.92. The van der Waals surface area contributed by atoms with Gasteiger partial charge in [-0.15, -0.1) is 0 Å². The molecule has 1 rings (SSSR count). The summed E-state index contributed by atoms with van der Waals surface area (Å²) in [6, 6.07) is 3.13. The third-order valence-electron chi connectivity index (χ3n) is 3.06. The van der Waals surface area contributed by atoms with Gasteiger partial charge in [-0.05, 0) is 36.6 Å². The van der Waals surface area contributed by atoms with Gasteiger partial charge in [0.1, 0.15) is 0 Å². The summed E-state index contributed by atoms with van der Waals surface area (Å²) < 4.78 is 26.0. The molecular formula is C14H21F2NO2. The van der Waals surface area contributed by atoms with E-state index in [0.29, 0.717) is 18.5 Å². The van der Waals surface area contributed by atoms with Crippen molar-refractivity contribution >= 4 is 0 Å². The molecule has 0 fully saturated rings. The fourth-order valence-electron chi connectivity index (χ4n) is 1.96. The van der Waals surface area contributed by atoms with Crippen molar-refractivity contribution in [3.8, 4) is 0 Å². The zero-order chi connectivity index (χ0) is 14.4. The molecule has 0 saturated heterocycles. The van der Waals surface area contributed by atoms with E-state index in [1.54, 1.807) is 0 Å². The summed E-state index contributed by atoms with van der Waals surface area (Å²) in [7, 11) is 0. The van der Waals surface area contributed by atoms with E-state index in [9.17, 15) is 13.9 Å². The lowest BCUT2D eigenvalue weighted by Crippen LogP contribution is -2.40. The van der Waals surface area contributed by atoms with E-state index in [1.807, 2.05) is 13.8 Å². The van der Waals surface area contributed by atoms with Crippen molar-refractivity contribution in [1.29, 1.82) is 0 Å². The van der Waals surface area contributed by atoms with Crippen LogP contribution in [-0.2, 0) is 0 Å². The molecule has 0 radical (unpaired) electrons. The second-order valence-corrected chi connectivity index (χ2v) is 4.92. The first kappa shape index (κ1) is 16.0. The van der Waals surface area contributed by atoms with Gasteiger partial charge >= 0.3 is 0 Å². The van der Waals surface area contributed by atoms with E-state index in [0.717, 1.165) is 12.1 Å². The maximum atomic E-state index is 13.2. The van der Waals surface area contributed by atoms with Crippen LogP contribution >= 0.6 is 0 Å². The summed E-state index contributed by atoms with van der Waals surface area (Å²) >= 11 is 0. The van der Waals surface area contributed by atoms with Gasteiger partial charge in [0.25, 0.3) is 0 Å². The molecule has 3 N–H and O–H groups in total. The van der Waals surface area contributed by atoms with Crippen molar-refractivity contribution in [2.24, 2.45) is 5.92 Å². The molecule has 0 aliphatic carbocycles. The van der Waals surface area contributed by atoms with Gasteiger partial charge in [-0.2, -0.15) is 0 Å². The third-order valence-corrected chi connectivity index (χ3v) is 3.06. The molecule has 2 atom stereocenters. The van der Waals surface area contributed by atoms with Crippen LogP contribution in [0.3, 0.4) is 0 Å². The van der Waals surface area contributed by atoms with Gasteiger partial charge in [0, 0.05) is 12.6 Å². The van der Waals surface area contributed by atoms with Crippen LogP contribution in [0.25, 0.3) is 0 Å². The first-order valence-electron chi connectivity index (χ1n) is 6.44. The quantitative estimate of drug-likeness (QED) is 0.666. The number of hydrogen-bond donors (Lipinski definition) is 3. The maximum absolute atomic E-state index is 13.2. The van der Waals surface area contributed by atoms with Crippen molar-refractivity contribution in [1.82, 2.24) is 5.32 Å². The Morgan fingerprint density at radius 2 is 1.89 bits per heavy atom. The van der Waals surface area contributed by atoms with E-state index in [1.165, 1.54) is 6.07 Å². The number of hydrogen-bond acceptors (Lipinski definition) is 3. The largest absolute Gasteiger partial charge is 0.396 e. The zero-order valence-corrected chi connectivity index (χ0v) is 11.2. The molecule has 1 aromatic carbocycles. The molecule has 19 heavy (non-hydrogen) atoms. The molecule has 0 aliphatic rings. The van der Waals surface area contributed by atoms with Crippen LogP contribution in [0, 0.1) is 17.6 Å². The normalized spacial score (nSPS) is 14.7. The highest BCUT2D eigenvalue weighted by molar-refractivity contribution is 5.21. The lowest BCUT2D eigenvalue weighted by Gasteiger charge is -2.28. The SMILES string of the molecule is CC(C)C(NCCCO)C(O)c1ccc(F)c(F)c1. The standard InChI is InChI=1S/C14H21F2NO2/c1-9(2)13(17-6-3-7-18)14(19)10-4-5-11(15)12(16)8-10/h4-5,8-9,13-14,17-19H,3,6-7H2,1-2H3. The average molecular weight is 273 g/mol. The Morgan fingerprint density at radius 3 is 2.42 bits per heavy atom. The minimum atomic E-state index is -0.964. The van der Waals surface area contributed by atoms with E-state index in [4.69, 9.17) is 5.11 Å². The Labute approximate surface area is 112 Å². The minimum absolute atomic E-state index is 0.0685. The van der Waals surface area contributed by atoms with Crippen molar-refractivity contribution < 1.29 is 19.0 Å². The van der Waals surface area contributed by atoms with Crippen molar-refractivity contribution in [2.45, 2.75) is 32.4 Å². The van der Waals surface area contributed by atoms with Gasteiger partial charge in [0.05, 0.1) is 6.10 Å². The summed E-state index contributed by atoms with van der Waals surface area (Å²) in [5, 5.41) is 22.1. The maximum Gasteiger partial charge on any atom is 0.159 e. The van der Waals surface area contributed by atoms with Gasteiger partial charge in [0.2, 0.25) is 0 Å². The van der Waals surface area contributed by atoms with Crippen LogP contribution in [0.5, 0.6) is 0 Å². The molecule has 1 aromatic rings. The zero-order valence-electron chi connectivity index (χ0n) is 11.2. The number of nitrogens with one attached hydrogen (secondary N) is 1. The second kappa shape index (κ2) is 7.53. The Balaban J connectivity index is 2.80. The summed E-state index contributed by atoms with van der Waals surface area (Å²) in [4.78, 5) is 0. The van der Waals surface area contributed by atoms with Crippen molar-refractivity contribution in [2.75, 3.05) is 13.2 Å². The Morgan fingerprint density at radius 1 is 1.21 bits per heavy atom. The molecule has 0 saturated carbocycles. The highest BCUT2D eigenvalue weighted by Crippen LogP contribution is 2.23. The molecule has 5 heteroatoms. The van der Waals surface area contributed by atoms with Gasteiger partial charge in [-0.3, -0.25) is 0 Å². The molecule has 0 heterocycles. The Kier molecular flexibility index (Phi) is 6.34. The molecule has 0 spiro atoms. The highest BCUT2D eigenvalue weighted by atomic mass is 19.2. The predicted octanol–water partition coefficient (Wildman–Crippen LogP) is 1.99. The van der Waals surface area contributed by atoms with Crippen molar-refractivity contribution in [3.63, 3.8) is 0 Å². The van der Waals surface area contributed by atoms with Gasteiger partial charge in [-0.25, -0.2) is 8.78 Å². The average Bonchev–Trinajstić information content (AvgIpc) is 2.37. The number of rotatable bonds is 7. The predicted molar refractivity (Wildman–Crippen MR) is 69.6 cm³/mol. The number of halogens is 2. The molecule has 3 nitrogen and oxygen atoms in total. The Hall–Kier alpha value is -1.04. The van der Waals surface area contributed by atoms with E-state index in [2.05, 4.69) is 5.32 Å². The van der Waals surface area contributed by atoms with Gasteiger partial charge < -0.3 is 15.5 Å². The lowest BCUT2D eigenvalue weighted by molar-refractivity contribution is 0.103. The molecule has 0 aliphatic heterocycles.